The molecule has 31 heavy (non-hydrogen) atoms. The van der Waals surface area contributed by atoms with E-state index in [0.29, 0.717) is 29.0 Å². The number of nitrogens with zero attached hydrogens (tertiary/aromatic N) is 4. The Morgan fingerprint density at radius 3 is 2.48 bits per heavy atom. The third-order valence-corrected chi connectivity index (χ3v) is 4.90. The van der Waals surface area contributed by atoms with E-state index in [-0.39, 0.29) is 19.1 Å². The van der Waals surface area contributed by atoms with Gasteiger partial charge in [0.05, 0.1) is 18.5 Å². The number of aliphatic hydroxyl groups excluding tert-OH is 1. The Morgan fingerprint density at radius 1 is 1.10 bits per heavy atom. The van der Waals surface area contributed by atoms with Crippen LogP contribution in [-0.2, 0) is 4.79 Å². The van der Waals surface area contributed by atoms with Crippen LogP contribution in [0.2, 0.25) is 0 Å². The van der Waals surface area contributed by atoms with Crippen molar-refractivity contribution in [3.63, 3.8) is 0 Å². The van der Waals surface area contributed by atoms with E-state index in [0.717, 1.165) is 16.9 Å². The van der Waals surface area contributed by atoms with Gasteiger partial charge in [-0.1, -0.05) is 37.3 Å². The van der Waals surface area contributed by atoms with Crippen LogP contribution in [0.1, 0.15) is 13.3 Å². The zero-order chi connectivity index (χ0) is 21.8. The minimum Gasteiger partial charge on any atom is -0.457 e. The fourth-order valence-electron chi connectivity index (χ4n) is 3.43. The molecule has 2 aromatic heterocycles. The molecule has 4 rings (SSSR count). The molecule has 0 fully saturated rings. The summed E-state index contributed by atoms with van der Waals surface area (Å²) in [6, 6.07) is 17.1. The standard InChI is InChI=1S/C23H23N5O3/c1-2-20(30)27(12-13-29)28-14-19(21-22(24)25-15-26-23(21)28)16-8-10-18(11-9-16)31-17-6-4-3-5-7-17/h3-11,14-15,29H,2,12-13H2,1H3,(H2,24,25,26). The number of hydrogen-bond acceptors (Lipinski definition) is 6. The minimum absolute atomic E-state index is 0.138. The Bertz CT molecular complexity index is 1190. The van der Waals surface area contributed by atoms with Crippen molar-refractivity contribution in [1.29, 1.82) is 0 Å². The first-order valence-electron chi connectivity index (χ1n) is 9.98. The number of amides is 1. The van der Waals surface area contributed by atoms with Gasteiger partial charge >= 0.3 is 0 Å². The molecule has 2 heterocycles. The van der Waals surface area contributed by atoms with Gasteiger partial charge < -0.3 is 15.6 Å². The second-order valence-corrected chi connectivity index (χ2v) is 6.88. The number of aromatic nitrogens is 3. The highest BCUT2D eigenvalue weighted by molar-refractivity contribution is 6.02. The number of anilines is 1. The minimum atomic E-state index is -0.174. The molecule has 0 spiro atoms. The van der Waals surface area contributed by atoms with Crippen LogP contribution in [-0.4, -0.2) is 38.8 Å². The van der Waals surface area contributed by atoms with E-state index in [2.05, 4.69) is 9.97 Å². The van der Waals surface area contributed by atoms with Gasteiger partial charge in [-0.15, -0.1) is 0 Å². The summed E-state index contributed by atoms with van der Waals surface area (Å²) in [5, 5.41) is 11.6. The molecule has 0 saturated carbocycles. The number of hydrogen-bond donors (Lipinski definition) is 2. The number of carbonyl (C=O) groups excluding carboxylic acids is 1. The summed E-state index contributed by atoms with van der Waals surface area (Å²) in [6.07, 6.45) is 3.45. The maximum atomic E-state index is 12.5. The average molecular weight is 417 g/mol. The van der Waals surface area contributed by atoms with Crippen molar-refractivity contribution in [2.24, 2.45) is 0 Å². The molecule has 3 N–H and O–H groups in total. The number of nitrogens with two attached hydrogens (primary N) is 1. The zero-order valence-electron chi connectivity index (χ0n) is 17.1. The summed E-state index contributed by atoms with van der Waals surface area (Å²) < 4.78 is 7.50. The van der Waals surface area contributed by atoms with Gasteiger partial charge in [0.1, 0.15) is 23.6 Å². The van der Waals surface area contributed by atoms with Gasteiger partial charge in [-0.2, -0.15) is 0 Å². The summed E-state index contributed by atoms with van der Waals surface area (Å²) in [7, 11) is 0. The summed E-state index contributed by atoms with van der Waals surface area (Å²) in [5.41, 5.74) is 8.34. The smallest absolute Gasteiger partial charge is 0.241 e. The van der Waals surface area contributed by atoms with Crippen molar-refractivity contribution >= 4 is 22.8 Å². The van der Waals surface area contributed by atoms with Crippen LogP contribution >= 0.6 is 0 Å². The third kappa shape index (κ3) is 4.06. The van der Waals surface area contributed by atoms with Gasteiger partial charge in [0.2, 0.25) is 5.91 Å². The summed E-state index contributed by atoms with van der Waals surface area (Å²) >= 11 is 0. The lowest BCUT2D eigenvalue weighted by Gasteiger charge is -2.22. The van der Waals surface area contributed by atoms with Crippen LogP contribution in [0.5, 0.6) is 11.5 Å². The first-order valence-corrected chi connectivity index (χ1v) is 9.98. The van der Waals surface area contributed by atoms with E-state index < -0.39 is 0 Å². The van der Waals surface area contributed by atoms with E-state index in [4.69, 9.17) is 10.5 Å². The predicted molar refractivity (Wildman–Crippen MR) is 119 cm³/mol. The summed E-state index contributed by atoms with van der Waals surface area (Å²) in [4.78, 5) is 21.0. The highest BCUT2D eigenvalue weighted by Crippen LogP contribution is 2.34. The Labute approximate surface area is 179 Å². The number of fused-ring (bicyclic) bond motifs is 1. The lowest BCUT2D eigenvalue weighted by atomic mass is 10.1. The normalized spacial score (nSPS) is 10.9. The van der Waals surface area contributed by atoms with Crippen molar-refractivity contribution in [3.8, 4) is 22.6 Å². The molecule has 0 saturated heterocycles. The Morgan fingerprint density at radius 2 is 1.81 bits per heavy atom. The maximum absolute atomic E-state index is 12.5. The molecule has 8 nitrogen and oxygen atoms in total. The third-order valence-electron chi connectivity index (χ3n) is 4.90. The highest BCUT2D eigenvalue weighted by Gasteiger charge is 2.21. The largest absolute Gasteiger partial charge is 0.457 e. The average Bonchev–Trinajstić information content (AvgIpc) is 3.19. The van der Waals surface area contributed by atoms with Crippen molar-refractivity contribution < 1.29 is 14.6 Å². The van der Waals surface area contributed by atoms with Crippen LogP contribution in [0.25, 0.3) is 22.2 Å². The second-order valence-electron chi connectivity index (χ2n) is 6.88. The van der Waals surface area contributed by atoms with Crippen LogP contribution in [0, 0.1) is 0 Å². The van der Waals surface area contributed by atoms with Crippen molar-refractivity contribution in [2.75, 3.05) is 23.9 Å². The number of aliphatic hydroxyl groups is 1. The monoisotopic (exact) mass is 417 g/mol. The molecule has 158 valence electrons. The van der Waals surface area contributed by atoms with Crippen LogP contribution < -0.4 is 15.5 Å². The molecule has 0 aliphatic carbocycles. The topological polar surface area (TPSA) is 106 Å². The van der Waals surface area contributed by atoms with Gasteiger partial charge in [0.25, 0.3) is 0 Å². The zero-order valence-corrected chi connectivity index (χ0v) is 17.1. The SMILES string of the molecule is CCC(=O)N(CCO)n1cc(-c2ccc(Oc3ccccc3)cc2)c2c(N)ncnc21. The number of ether oxygens (including phenoxy) is 1. The first-order chi connectivity index (χ1) is 15.1. The van der Waals surface area contributed by atoms with Gasteiger partial charge in [-0.3, -0.25) is 4.79 Å². The van der Waals surface area contributed by atoms with Gasteiger partial charge in [0, 0.05) is 18.2 Å². The predicted octanol–water partition coefficient (Wildman–Crippen LogP) is 3.34. The summed E-state index contributed by atoms with van der Waals surface area (Å²) in [6.45, 7) is 1.74. The molecule has 0 atom stereocenters. The number of nitrogen functional groups attached to an aromatic ring is 1. The van der Waals surface area contributed by atoms with E-state index in [1.807, 2.05) is 54.6 Å². The van der Waals surface area contributed by atoms with Crippen molar-refractivity contribution in [2.45, 2.75) is 13.3 Å². The molecule has 8 heteroatoms. The Balaban J connectivity index is 1.76. The Hall–Kier alpha value is -3.91. The van der Waals surface area contributed by atoms with Gasteiger partial charge in [-0.25, -0.2) is 19.7 Å². The molecule has 0 radical (unpaired) electrons. The van der Waals surface area contributed by atoms with E-state index in [1.165, 1.54) is 11.3 Å². The van der Waals surface area contributed by atoms with Crippen molar-refractivity contribution in [1.82, 2.24) is 14.6 Å². The molecular formula is C23H23N5O3. The lowest BCUT2D eigenvalue weighted by molar-refractivity contribution is -0.119. The van der Waals surface area contributed by atoms with E-state index >= 15 is 0 Å². The van der Waals surface area contributed by atoms with Gasteiger partial charge in [-0.05, 0) is 29.8 Å². The van der Waals surface area contributed by atoms with E-state index in [1.54, 1.807) is 17.8 Å². The van der Waals surface area contributed by atoms with Crippen LogP contribution in [0.3, 0.4) is 0 Å². The molecule has 0 aliphatic heterocycles. The maximum Gasteiger partial charge on any atom is 0.241 e. The molecule has 2 aromatic carbocycles. The summed E-state index contributed by atoms with van der Waals surface area (Å²) in [5.74, 6) is 1.63. The van der Waals surface area contributed by atoms with E-state index in [9.17, 15) is 9.90 Å². The first kappa shape index (κ1) is 20.4. The van der Waals surface area contributed by atoms with Crippen LogP contribution in [0.4, 0.5) is 5.82 Å². The molecule has 0 unspecified atom stereocenters. The number of para-hydroxylation sites is 1. The van der Waals surface area contributed by atoms with Crippen LogP contribution in [0.15, 0.2) is 67.1 Å². The number of rotatable bonds is 7. The quantitative estimate of drug-likeness (QED) is 0.478. The molecule has 1 amide bonds. The van der Waals surface area contributed by atoms with Crippen molar-refractivity contribution in [3.05, 3.63) is 67.1 Å². The highest BCUT2D eigenvalue weighted by atomic mass is 16.5. The second kappa shape index (κ2) is 8.85. The lowest BCUT2D eigenvalue weighted by Crippen LogP contribution is -2.41. The molecule has 4 aromatic rings. The molecule has 0 bridgehead atoms. The number of benzene rings is 2. The fraction of sp³-hybridized carbons (Fsp3) is 0.174. The fourth-order valence-corrected chi connectivity index (χ4v) is 3.43. The molecular weight excluding hydrogens is 394 g/mol. The Kier molecular flexibility index (Phi) is 5.81. The molecule has 0 aliphatic rings. The van der Waals surface area contributed by atoms with Gasteiger partial charge in [0.15, 0.2) is 5.65 Å². The number of carbonyl (C=O) groups is 1.